The van der Waals surface area contributed by atoms with E-state index in [-0.39, 0.29) is 17.5 Å². The molecule has 0 aromatic carbocycles. The van der Waals surface area contributed by atoms with E-state index in [1.54, 1.807) is 29.2 Å². The molecule has 3 rings (SSSR count). The Hall–Kier alpha value is -2.96. The van der Waals surface area contributed by atoms with Crippen molar-refractivity contribution >= 4 is 17.4 Å². The van der Waals surface area contributed by atoms with Gasteiger partial charge in [0.1, 0.15) is 6.33 Å². The Balaban J connectivity index is 1.77. The Bertz CT molecular complexity index is 853. The van der Waals surface area contributed by atoms with Crippen molar-refractivity contribution in [2.24, 2.45) is 5.41 Å². The normalized spacial score (nSPS) is 12.8. The third-order valence-corrected chi connectivity index (χ3v) is 3.78. The van der Waals surface area contributed by atoms with Gasteiger partial charge in [-0.25, -0.2) is 4.79 Å². The summed E-state index contributed by atoms with van der Waals surface area (Å²) in [4.78, 5) is 16.7. The number of hydrogen-bond donors (Lipinski definition) is 2. The average molecular weight is 338 g/mol. The van der Waals surface area contributed by atoms with E-state index in [2.05, 4.69) is 46.6 Å². The molecule has 0 saturated carbocycles. The molecular formula is C18H22N6O. The first-order valence-corrected chi connectivity index (χ1v) is 8.18. The largest absolute Gasteiger partial charge is 0.331 e. The van der Waals surface area contributed by atoms with E-state index in [9.17, 15) is 4.79 Å². The zero-order chi connectivity index (χ0) is 17.9. The van der Waals surface area contributed by atoms with Crippen LogP contribution in [0.5, 0.6) is 0 Å². The molecule has 3 heterocycles. The number of carbonyl (C=O) groups excluding carboxylic acids is 1. The maximum atomic E-state index is 12.5. The van der Waals surface area contributed by atoms with E-state index >= 15 is 0 Å². The lowest BCUT2D eigenvalue weighted by atomic mass is 9.86. The predicted octanol–water partition coefficient (Wildman–Crippen LogP) is 3.42. The lowest BCUT2D eigenvalue weighted by Crippen LogP contribution is -2.34. The standard InChI is InChI=1S/C18H22N6O/c1-18(2,3)10-15(13-6-4-8-19-11-13)22-17(25)21-14-7-5-9-24-12-20-23-16(14)24/h4-9,11-12,15H,10H2,1-3H3,(H2,21,22,25)/t15-/m1/s1. The minimum Gasteiger partial charge on any atom is -0.331 e. The molecule has 0 unspecified atom stereocenters. The van der Waals surface area contributed by atoms with Crippen LogP contribution in [0.3, 0.4) is 0 Å². The molecule has 7 heteroatoms. The molecular weight excluding hydrogens is 316 g/mol. The molecule has 3 aromatic rings. The van der Waals surface area contributed by atoms with Crippen LogP contribution >= 0.6 is 0 Å². The summed E-state index contributed by atoms with van der Waals surface area (Å²) in [5.74, 6) is 0. The topological polar surface area (TPSA) is 84.2 Å². The van der Waals surface area contributed by atoms with Crippen molar-refractivity contribution in [2.75, 3.05) is 5.32 Å². The molecule has 0 aliphatic heterocycles. The fraction of sp³-hybridized carbons (Fsp3) is 0.333. The summed E-state index contributed by atoms with van der Waals surface area (Å²) < 4.78 is 1.75. The minimum atomic E-state index is -0.283. The molecule has 2 N–H and O–H groups in total. The third kappa shape index (κ3) is 4.32. The lowest BCUT2D eigenvalue weighted by Gasteiger charge is -2.27. The summed E-state index contributed by atoms with van der Waals surface area (Å²) >= 11 is 0. The molecule has 0 saturated heterocycles. The molecule has 130 valence electrons. The molecule has 0 aliphatic carbocycles. The Morgan fingerprint density at radius 2 is 2.12 bits per heavy atom. The molecule has 0 radical (unpaired) electrons. The van der Waals surface area contributed by atoms with E-state index in [0.717, 1.165) is 12.0 Å². The molecule has 25 heavy (non-hydrogen) atoms. The van der Waals surface area contributed by atoms with Crippen LogP contribution < -0.4 is 10.6 Å². The van der Waals surface area contributed by atoms with E-state index < -0.39 is 0 Å². The average Bonchev–Trinajstić information content (AvgIpc) is 3.03. The van der Waals surface area contributed by atoms with Gasteiger partial charge in [0.15, 0.2) is 5.65 Å². The lowest BCUT2D eigenvalue weighted by molar-refractivity contribution is 0.241. The van der Waals surface area contributed by atoms with Gasteiger partial charge >= 0.3 is 6.03 Å². The minimum absolute atomic E-state index is 0.0564. The number of rotatable bonds is 4. The smallest absolute Gasteiger partial charge is 0.319 e. The number of anilines is 1. The molecule has 0 spiro atoms. The number of carbonyl (C=O) groups is 1. The zero-order valence-electron chi connectivity index (χ0n) is 14.6. The van der Waals surface area contributed by atoms with Gasteiger partial charge in [-0.15, -0.1) is 10.2 Å². The zero-order valence-corrected chi connectivity index (χ0v) is 14.6. The van der Waals surface area contributed by atoms with Gasteiger partial charge in [0.05, 0.1) is 11.7 Å². The van der Waals surface area contributed by atoms with E-state index in [1.807, 2.05) is 24.4 Å². The van der Waals surface area contributed by atoms with Gasteiger partial charge in [0.25, 0.3) is 0 Å². The first-order valence-electron chi connectivity index (χ1n) is 8.18. The van der Waals surface area contributed by atoms with Crippen LogP contribution in [0, 0.1) is 5.41 Å². The molecule has 0 aliphatic rings. The highest BCUT2D eigenvalue weighted by molar-refractivity contribution is 5.93. The number of fused-ring (bicyclic) bond motifs is 1. The Labute approximate surface area is 146 Å². The van der Waals surface area contributed by atoms with E-state index in [0.29, 0.717) is 11.3 Å². The van der Waals surface area contributed by atoms with Crippen molar-refractivity contribution in [3.05, 3.63) is 54.7 Å². The summed E-state index contributed by atoms with van der Waals surface area (Å²) in [7, 11) is 0. The summed E-state index contributed by atoms with van der Waals surface area (Å²) in [6.07, 6.45) is 7.73. The Kier molecular flexibility index (Phi) is 4.65. The number of nitrogens with zero attached hydrogens (tertiary/aromatic N) is 4. The van der Waals surface area contributed by atoms with Crippen LogP contribution in [0.15, 0.2) is 49.2 Å². The molecule has 1 atom stereocenters. The summed E-state index contributed by atoms with van der Waals surface area (Å²) in [5.41, 5.74) is 2.25. The van der Waals surface area contributed by atoms with Crippen LogP contribution in [0.1, 0.15) is 38.8 Å². The van der Waals surface area contributed by atoms with Gasteiger partial charge in [-0.2, -0.15) is 0 Å². The van der Waals surface area contributed by atoms with Crippen molar-refractivity contribution in [1.29, 1.82) is 0 Å². The SMILES string of the molecule is CC(C)(C)C[C@@H](NC(=O)Nc1cccn2cnnc12)c1cccnc1. The van der Waals surface area contributed by atoms with Crippen LogP contribution in [-0.4, -0.2) is 25.6 Å². The van der Waals surface area contributed by atoms with Crippen molar-refractivity contribution in [1.82, 2.24) is 24.9 Å². The number of urea groups is 1. The maximum absolute atomic E-state index is 12.5. The molecule has 0 fully saturated rings. The van der Waals surface area contributed by atoms with E-state index in [1.165, 1.54) is 0 Å². The molecule has 2 amide bonds. The number of nitrogens with one attached hydrogen (secondary N) is 2. The quantitative estimate of drug-likeness (QED) is 0.763. The first kappa shape index (κ1) is 16.9. The van der Waals surface area contributed by atoms with E-state index in [4.69, 9.17) is 0 Å². The highest BCUT2D eigenvalue weighted by atomic mass is 16.2. The molecule has 3 aromatic heterocycles. The molecule has 7 nitrogen and oxygen atoms in total. The highest BCUT2D eigenvalue weighted by Crippen LogP contribution is 2.29. The second-order valence-electron chi connectivity index (χ2n) is 7.19. The van der Waals surface area contributed by atoms with Crippen LogP contribution in [0.25, 0.3) is 5.65 Å². The van der Waals surface area contributed by atoms with Crippen molar-refractivity contribution < 1.29 is 4.79 Å². The summed E-state index contributed by atoms with van der Waals surface area (Å²) in [6.45, 7) is 6.44. The number of hydrogen-bond acceptors (Lipinski definition) is 4. The van der Waals surface area contributed by atoms with Crippen LogP contribution in [-0.2, 0) is 0 Å². The second-order valence-corrected chi connectivity index (χ2v) is 7.19. The number of pyridine rings is 2. The first-order chi connectivity index (χ1) is 11.9. The van der Waals surface area contributed by atoms with Gasteiger partial charge in [-0.3, -0.25) is 9.38 Å². The second kappa shape index (κ2) is 6.88. The van der Waals surface area contributed by atoms with Crippen molar-refractivity contribution in [3.8, 4) is 0 Å². The monoisotopic (exact) mass is 338 g/mol. The highest BCUT2D eigenvalue weighted by Gasteiger charge is 2.22. The predicted molar refractivity (Wildman–Crippen MR) is 96.2 cm³/mol. The molecule has 0 bridgehead atoms. The van der Waals surface area contributed by atoms with Crippen molar-refractivity contribution in [3.63, 3.8) is 0 Å². The fourth-order valence-electron chi connectivity index (χ4n) is 2.71. The van der Waals surface area contributed by atoms with Crippen molar-refractivity contribution in [2.45, 2.75) is 33.2 Å². The van der Waals surface area contributed by atoms with Crippen LogP contribution in [0.2, 0.25) is 0 Å². The van der Waals surface area contributed by atoms with Gasteiger partial charge in [-0.1, -0.05) is 26.8 Å². The van der Waals surface area contributed by atoms with Crippen LogP contribution in [0.4, 0.5) is 10.5 Å². The third-order valence-electron chi connectivity index (χ3n) is 3.78. The van der Waals surface area contributed by atoms with Gasteiger partial charge in [-0.05, 0) is 35.6 Å². The fourth-order valence-corrected chi connectivity index (χ4v) is 2.71. The summed E-state index contributed by atoms with van der Waals surface area (Å²) in [6, 6.07) is 7.07. The Morgan fingerprint density at radius 3 is 2.84 bits per heavy atom. The Morgan fingerprint density at radius 1 is 1.28 bits per heavy atom. The van der Waals surface area contributed by atoms with Gasteiger partial charge < -0.3 is 10.6 Å². The van der Waals surface area contributed by atoms with Gasteiger partial charge in [0, 0.05) is 18.6 Å². The summed E-state index contributed by atoms with van der Waals surface area (Å²) in [5, 5.41) is 13.8. The number of amides is 2. The number of aromatic nitrogens is 4. The maximum Gasteiger partial charge on any atom is 0.319 e. The van der Waals surface area contributed by atoms with Gasteiger partial charge in [0.2, 0.25) is 0 Å².